The van der Waals surface area contributed by atoms with Crippen LogP contribution in [0.15, 0.2) is 35.2 Å². The first-order valence-electron chi connectivity index (χ1n) is 6.58. The fourth-order valence-corrected chi connectivity index (χ4v) is 4.45. The maximum atomic E-state index is 12.3. The molecule has 0 amide bonds. The lowest BCUT2D eigenvalue weighted by atomic mass is 10.0. The van der Waals surface area contributed by atoms with E-state index in [9.17, 15) is 8.42 Å². The van der Waals surface area contributed by atoms with Crippen molar-refractivity contribution in [3.8, 4) is 0 Å². The van der Waals surface area contributed by atoms with E-state index in [0.717, 1.165) is 12.8 Å². The highest BCUT2D eigenvalue weighted by atomic mass is 32.2. The summed E-state index contributed by atoms with van der Waals surface area (Å²) in [6.07, 6.45) is 4.76. The first kappa shape index (κ1) is 13.6. The molecule has 1 aromatic carbocycles. The van der Waals surface area contributed by atoms with Crippen molar-refractivity contribution < 1.29 is 8.42 Å². The molecule has 1 fully saturated rings. The minimum absolute atomic E-state index is 0.0812. The second kappa shape index (κ2) is 5.85. The van der Waals surface area contributed by atoms with Crippen LogP contribution in [0.2, 0.25) is 0 Å². The van der Waals surface area contributed by atoms with Crippen LogP contribution in [-0.4, -0.2) is 27.3 Å². The molecule has 1 saturated carbocycles. The van der Waals surface area contributed by atoms with Gasteiger partial charge in [-0.1, -0.05) is 31.0 Å². The highest BCUT2D eigenvalue weighted by molar-refractivity contribution is 7.91. The Morgan fingerprint density at radius 1 is 1.22 bits per heavy atom. The Hall–Kier alpha value is -0.870. The largest absolute Gasteiger partial charge is 0.316 e. The number of hydrogen-bond acceptors (Lipinski definition) is 3. The molecule has 2 rings (SSSR count). The lowest BCUT2D eigenvalue weighted by Gasteiger charge is -2.22. The monoisotopic (exact) mass is 267 g/mol. The summed E-state index contributed by atoms with van der Waals surface area (Å²) < 4.78 is 24.6. The van der Waals surface area contributed by atoms with E-state index in [-0.39, 0.29) is 11.8 Å². The lowest BCUT2D eigenvalue weighted by molar-refractivity contribution is 0.404. The van der Waals surface area contributed by atoms with Crippen LogP contribution in [0.5, 0.6) is 0 Å². The zero-order valence-electron chi connectivity index (χ0n) is 10.8. The fourth-order valence-electron chi connectivity index (χ4n) is 2.78. The molecule has 0 heterocycles. The molecular formula is C14H21NO2S. The van der Waals surface area contributed by atoms with E-state index in [0.29, 0.717) is 10.8 Å². The molecule has 1 unspecified atom stereocenters. The number of rotatable bonds is 5. The Kier molecular flexibility index (Phi) is 4.40. The third-order valence-corrected chi connectivity index (χ3v) is 5.63. The minimum Gasteiger partial charge on any atom is -0.316 e. The molecule has 1 atom stereocenters. The fraction of sp³-hybridized carbons (Fsp3) is 0.571. The summed E-state index contributed by atoms with van der Waals surface area (Å²) in [4.78, 5) is 0.434. The minimum atomic E-state index is -3.17. The highest BCUT2D eigenvalue weighted by Crippen LogP contribution is 2.29. The first-order chi connectivity index (χ1) is 8.63. The molecule has 0 aromatic heterocycles. The van der Waals surface area contributed by atoms with Crippen molar-refractivity contribution in [1.82, 2.24) is 5.32 Å². The van der Waals surface area contributed by atoms with E-state index < -0.39 is 9.84 Å². The molecule has 0 bridgehead atoms. The van der Waals surface area contributed by atoms with Crippen LogP contribution < -0.4 is 5.32 Å². The van der Waals surface area contributed by atoms with Gasteiger partial charge in [0.1, 0.15) is 0 Å². The molecule has 1 N–H and O–H groups in total. The normalized spacial score (nSPS) is 18.9. The van der Waals surface area contributed by atoms with Gasteiger partial charge in [0.25, 0.3) is 0 Å². The molecule has 0 radical (unpaired) electrons. The van der Waals surface area contributed by atoms with Crippen LogP contribution in [0, 0.1) is 5.92 Å². The van der Waals surface area contributed by atoms with Crippen LogP contribution in [0.25, 0.3) is 0 Å². The van der Waals surface area contributed by atoms with Crippen LogP contribution in [-0.2, 0) is 9.84 Å². The van der Waals surface area contributed by atoms with Crippen molar-refractivity contribution in [2.24, 2.45) is 5.92 Å². The number of nitrogens with one attached hydrogen (secondary N) is 1. The number of benzene rings is 1. The molecule has 1 aliphatic rings. The molecule has 0 aliphatic heterocycles. The Labute approximate surface area is 110 Å². The van der Waals surface area contributed by atoms with E-state index >= 15 is 0 Å². The van der Waals surface area contributed by atoms with Gasteiger partial charge in [-0.15, -0.1) is 0 Å². The number of sulfone groups is 1. The predicted molar refractivity (Wildman–Crippen MR) is 73.3 cm³/mol. The van der Waals surface area contributed by atoms with Gasteiger partial charge in [0.15, 0.2) is 9.84 Å². The Balaban J connectivity index is 2.11. The van der Waals surface area contributed by atoms with Crippen molar-refractivity contribution in [3.05, 3.63) is 30.3 Å². The Bertz CT molecular complexity index is 464. The van der Waals surface area contributed by atoms with E-state index in [4.69, 9.17) is 0 Å². The molecule has 1 aromatic rings. The van der Waals surface area contributed by atoms with Gasteiger partial charge < -0.3 is 5.32 Å². The third kappa shape index (κ3) is 3.12. The molecule has 18 heavy (non-hydrogen) atoms. The maximum Gasteiger partial charge on any atom is 0.179 e. The summed E-state index contributed by atoms with van der Waals surface area (Å²) in [5.74, 6) is 0.714. The van der Waals surface area contributed by atoms with Gasteiger partial charge >= 0.3 is 0 Å². The van der Waals surface area contributed by atoms with E-state index in [1.165, 1.54) is 12.8 Å². The van der Waals surface area contributed by atoms with Crippen LogP contribution in [0.1, 0.15) is 25.7 Å². The van der Waals surface area contributed by atoms with Crippen molar-refractivity contribution in [2.45, 2.75) is 36.6 Å². The van der Waals surface area contributed by atoms with Crippen molar-refractivity contribution in [3.63, 3.8) is 0 Å². The van der Waals surface area contributed by atoms with Crippen LogP contribution >= 0.6 is 0 Å². The summed E-state index contributed by atoms with van der Waals surface area (Å²) >= 11 is 0. The third-order valence-electron chi connectivity index (χ3n) is 3.84. The van der Waals surface area contributed by atoms with Gasteiger partial charge in [0.05, 0.1) is 10.6 Å². The zero-order chi connectivity index (χ0) is 13.0. The van der Waals surface area contributed by atoms with Gasteiger partial charge in [0.2, 0.25) is 0 Å². The molecule has 0 saturated heterocycles. The standard InChI is InChI=1S/C14H21NO2S/c1-15-14(12-7-5-6-8-12)11-18(16,17)13-9-3-2-4-10-13/h2-4,9-10,12,14-15H,5-8,11H2,1H3. The molecule has 100 valence electrons. The zero-order valence-corrected chi connectivity index (χ0v) is 11.6. The average Bonchev–Trinajstić information content (AvgIpc) is 2.91. The van der Waals surface area contributed by atoms with Crippen molar-refractivity contribution >= 4 is 9.84 Å². The van der Waals surface area contributed by atoms with Gasteiger partial charge in [-0.05, 0) is 37.9 Å². The highest BCUT2D eigenvalue weighted by Gasteiger charge is 2.28. The Morgan fingerprint density at radius 3 is 2.39 bits per heavy atom. The van der Waals surface area contributed by atoms with Gasteiger partial charge in [0, 0.05) is 6.04 Å². The Morgan fingerprint density at radius 2 is 1.83 bits per heavy atom. The first-order valence-corrected chi connectivity index (χ1v) is 8.24. The van der Waals surface area contributed by atoms with Gasteiger partial charge in [-0.25, -0.2) is 8.42 Å². The molecule has 0 spiro atoms. The molecule has 4 heteroatoms. The topological polar surface area (TPSA) is 46.2 Å². The van der Waals surface area contributed by atoms with E-state index in [1.54, 1.807) is 24.3 Å². The van der Waals surface area contributed by atoms with Crippen molar-refractivity contribution in [1.29, 1.82) is 0 Å². The van der Waals surface area contributed by atoms with Crippen LogP contribution in [0.3, 0.4) is 0 Å². The number of hydrogen-bond donors (Lipinski definition) is 1. The smallest absolute Gasteiger partial charge is 0.179 e. The summed E-state index contributed by atoms with van der Waals surface area (Å²) in [6, 6.07) is 8.82. The van der Waals surface area contributed by atoms with Gasteiger partial charge in [-0.2, -0.15) is 0 Å². The summed E-state index contributed by atoms with van der Waals surface area (Å²) in [5, 5.41) is 3.19. The second-order valence-electron chi connectivity index (χ2n) is 5.03. The SMILES string of the molecule is CNC(CS(=O)(=O)c1ccccc1)C1CCCC1. The quantitative estimate of drug-likeness (QED) is 0.890. The summed E-state index contributed by atoms with van der Waals surface area (Å²) in [5.41, 5.74) is 0. The van der Waals surface area contributed by atoms with Crippen LogP contribution in [0.4, 0.5) is 0 Å². The second-order valence-corrected chi connectivity index (χ2v) is 7.07. The lowest BCUT2D eigenvalue weighted by Crippen LogP contribution is -2.38. The molecule has 1 aliphatic carbocycles. The van der Waals surface area contributed by atoms with E-state index in [1.807, 2.05) is 13.1 Å². The average molecular weight is 267 g/mol. The van der Waals surface area contributed by atoms with E-state index in [2.05, 4.69) is 5.32 Å². The van der Waals surface area contributed by atoms with Crippen molar-refractivity contribution in [2.75, 3.05) is 12.8 Å². The molecular weight excluding hydrogens is 246 g/mol. The van der Waals surface area contributed by atoms with Gasteiger partial charge in [-0.3, -0.25) is 0 Å². The summed E-state index contributed by atoms with van der Waals surface area (Å²) in [7, 11) is -1.31. The summed E-state index contributed by atoms with van der Waals surface area (Å²) in [6.45, 7) is 0. The maximum absolute atomic E-state index is 12.3. The molecule has 3 nitrogen and oxygen atoms in total. The predicted octanol–water partition coefficient (Wildman–Crippen LogP) is 2.24.